The van der Waals surface area contributed by atoms with Crippen LogP contribution in [0, 0.1) is 0 Å². The number of carbonyl (C=O) groups is 1. The van der Waals surface area contributed by atoms with Crippen LogP contribution in [0.4, 0.5) is 5.69 Å². The van der Waals surface area contributed by atoms with Gasteiger partial charge in [-0.3, -0.25) is 4.79 Å². The summed E-state index contributed by atoms with van der Waals surface area (Å²) in [6.07, 6.45) is 0. The van der Waals surface area contributed by atoms with Gasteiger partial charge in [0, 0.05) is 14.1 Å². The van der Waals surface area contributed by atoms with Crippen LogP contribution >= 0.6 is 0 Å². The van der Waals surface area contributed by atoms with Crippen molar-refractivity contribution >= 4 is 37.5 Å². The van der Waals surface area contributed by atoms with Gasteiger partial charge >= 0.3 is 0 Å². The van der Waals surface area contributed by atoms with E-state index in [1.165, 1.54) is 37.2 Å². The fourth-order valence-electron chi connectivity index (χ4n) is 2.01. The molecule has 1 aromatic rings. The number of benzene rings is 1. The molecule has 0 unspecified atom stereocenters. The van der Waals surface area contributed by atoms with Gasteiger partial charge in [-0.1, -0.05) is 6.07 Å². The van der Waals surface area contributed by atoms with Crippen LogP contribution in [0.2, 0.25) is 0 Å². The van der Waals surface area contributed by atoms with Crippen LogP contribution in [0.5, 0.6) is 5.75 Å². The van der Waals surface area contributed by atoms with Crippen LogP contribution < -0.4 is 10.5 Å². The summed E-state index contributed by atoms with van der Waals surface area (Å²) in [6.45, 7) is 0. The van der Waals surface area contributed by atoms with Crippen molar-refractivity contribution in [3.63, 3.8) is 0 Å². The molecular weight excluding hydrogens is 376 g/mol. The van der Waals surface area contributed by atoms with E-state index in [2.05, 4.69) is 9.71 Å². The molecule has 25 heavy (non-hydrogen) atoms. The first-order valence-corrected chi connectivity index (χ1v) is 9.47. The number of para-hydroxylation sites is 1. The SMILES string of the molecule is CN(C)C(=O)c1cccc(NC2=C(S(N)(=O)=O)S(=O)(=O)N=C2O)c1O. The number of nitrogens with one attached hydrogen (secondary N) is 1. The molecule has 136 valence electrons. The quantitative estimate of drug-likeness (QED) is 0.485. The Hall–Kier alpha value is -2.64. The van der Waals surface area contributed by atoms with E-state index in [0.717, 1.165) is 0 Å². The lowest BCUT2D eigenvalue weighted by Crippen LogP contribution is -2.23. The Kier molecular flexibility index (Phi) is 4.50. The van der Waals surface area contributed by atoms with Gasteiger partial charge in [0.05, 0.1) is 11.3 Å². The smallest absolute Gasteiger partial charge is 0.300 e. The molecule has 0 spiro atoms. The lowest BCUT2D eigenvalue weighted by molar-refractivity contribution is 0.0824. The Morgan fingerprint density at radius 2 is 1.88 bits per heavy atom. The Labute approximate surface area is 143 Å². The number of hydrogen-bond acceptors (Lipinski definition) is 7. The first kappa shape index (κ1) is 18.7. The number of nitrogens with zero attached hydrogens (tertiary/aromatic N) is 2. The Bertz CT molecular complexity index is 1020. The summed E-state index contributed by atoms with van der Waals surface area (Å²) < 4.78 is 48.1. The molecule has 1 aliphatic heterocycles. The van der Waals surface area contributed by atoms with Gasteiger partial charge in [0.2, 0.25) is 10.1 Å². The fourth-order valence-corrected chi connectivity index (χ4v) is 4.52. The van der Waals surface area contributed by atoms with E-state index in [9.17, 15) is 31.8 Å². The van der Waals surface area contributed by atoms with Gasteiger partial charge in [-0.2, -0.15) is 8.42 Å². The summed E-state index contributed by atoms with van der Waals surface area (Å²) in [6, 6.07) is 3.89. The zero-order chi connectivity index (χ0) is 19.2. The highest BCUT2D eigenvalue weighted by Gasteiger charge is 2.40. The first-order valence-electron chi connectivity index (χ1n) is 6.48. The van der Waals surface area contributed by atoms with Crippen LogP contribution in [-0.4, -0.2) is 57.8 Å². The first-order chi connectivity index (χ1) is 11.4. The Balaban J connectivity index is 2.62. The monoisotopic (exact) mass is 390 g/mol. The van der Waals surface area contributed by atoms with Crippen LogP contribution in [-0.2, 0) is 20.0 Å². The van der Waals surface area contributed by atoms with Gasteiger partial charge in [0.25, 0.3) is 26.0 Å². The van der Waals surface area contributed by atoms with Crippen LogP contribution in [0.25, 0.3) is 0 Å². The average molecular weight is 390 g/mol. The molecule has 0 bridgehead atoms. The lowest BCUT2D eigenvalue weighted by Gasteiger charge is -2.15. The number of aliphatic hydroxyl groups excluding tert-OH is 1. The summed E-state index contributed by atoms with van der Waals surface area (Å²) in [7, 11) is -6.60. The molecule has 1 heterocycles. The number of aromatic hydroxyl groups is 1. The fraction of sp³-hybridized carbons (Fsp3) is 0.167. The third-order valence-corrected chi connectivity index (χ3v) is 6.20. The van der Waals surface area contributed by atoms with Crippen molar-refractivity contribution in [2.75, 3.05) is 19.4 Å². The van der Waals surface area contributed by atoms with Gasteiger partial charge in [-0.25, -0.2) is 13.6 Å². The molecule has 0 aromatic heterocycles. The molecule has 11 nitrogen and oxygen atoms in total. The second-order valence-electron chi connectivity index (χ2n) is 5.12. The molecule has 13 heteroatoms. The van der Waals surface area contributed by atoms with E-state index < -0.39 is 47.5 Å². The van der Waals surface area contributed by atoms with Crippen LogP contribution in [0.3, 0.4) is 0 Å². The summed E-state index contributed by atoms with van der Waals surface area (Å²) in [5, 5.41) is 27.0. The number of carbonyl (C=O) groups excluding carboxylic acids is 1. The van der Waals surface area contributed by atoms with Crippen molar-refractivity contribution in [2.24, 2.45) is 9.54 Å². The van der Waals surface area contributed by atoms with E-state index in [-0.39, 0.29) is 11.3 Å². The molecule has 2 rings (SSSR count). The highest BCUT2D eigenvalue weighted by atomic mass is 32.3. The molecule has 0 aliphatic carbocycles. The van der Waals surface area contributed by atoms with Crippen molar-refractivity contribution in [1.29, 1.82) is 0 Å². The van der Waals surface area contributed by atoms with E-state index in [1.54, 1.807) is 0 Å². The van der Waals surface area contributed by atoms with Gasteiger partial charge < -0.3 is 20.4 Å². The van der Waals surface area contributed by atoms with Crippen molar-refractivity contribution in [2.45, 2.75) is 0 Å². The number of phenolic OH excluding ortho intramolecular Hbond substituents is 1. The molecule has 0 atom stereocenters. The Morgan fingerprint density at radius 1 is 1.28 bits per heavy atom. The minimum atomic E-state index is -4.77. The Morgan fingerprint density at radius 3 is 2.40 bits per heavy atom. The van der Waals surface area contributed by atoms with E-state index >= 15 is 0 Å². The van der Waals surface area contributed by atoms with Crippen molar-refractivity contribution < 1.29 is 31.8 Å². The average Bonchev–Trinajstić information content (AvgIpc) is 2.68. The number of primary sulfonamides is 1. The molecule has 5 N–H and O–H groups in total. The van der Waals surface area contributed by atoms with Crippen molar-refractivity contribution in [3.05, 3.63) is 33.7 Å². The number of nitrogens with two attached hydrogens (primary N) is 1. The molecule has 1 aromatic carbocycles. The normalized spacial score (nSPS) is 16.5. The number of aliphatic hydroxyl groups is 1. The van der Waals surface area contributed by atoms with Gasteiger partial charge in [0.1, 0.15) is 5.70 Å². The number of sulfonamides is 2. The van der Waals surface area contributed by atoms with Crippen LogP contribution in [0.1, 0.15) is 10.4 Å². The van der Waals surface area contributed by atoms with Gasteiger partial charge in [-0.05, 0) is 12.1 Å². The molecule has 0 saturated carbocycles. The molecule has 0 fully saturated rings. The number of phenols is 1. The summed E-state index contributed by atoms with van der Waals surface area (Å²) >= 11 is 0. The largest absolute Gasteiger partial charge is 0.505 e. The summed E-state index contributed by atoms with van der Waals surface area (Å²) in [5.41, 5.74) is -1.19. The van der Waals surface area contributed by atoms with Gasteiger partial charge in [-0.15, -0.1) is 4.40 Å². The number of amides is 1. The molecule has 0 saturated heterocycles. The van der Waals surface area contributed by atoms with E-state index in [0.29, 0.717) is 0 Å². The van der Waals surface area contributed by atoms with E-state index in [1.807, 2.05) is 0 Å². The topological polar surface area (TPSA) is 179 Å². The van der Waals surface area contributed by atoms with Crippen molar-refractivity contribution in [1.82, 2.24) is 4.90 Å². The van der Waals surface area contributed by atoms with Gasteiger partial charge in [0.15, 0.2) is 5.75 Å². The standard InChI is InChI=1S/C12H14N4O7S2/c1-16(2)11(19)6-4-3-5-7(9(6)17)14-8-10(18)15-25(22,23)12(8)24(13,20)21/h3-5,14,17H,1-2H3,(H,15,18)(H2,13,20,21). The maximum absolute atomic E-state index is 12.0. The maximum Gasteiger partial charge on any atom is 0.300 e. The van der Waals surface area contributed by atoms with Crippen molar-refractivity contribution in [3.8, 4) is 5.75 Å². The highest BCUT2D eigenvalue weighted by Crippen LogP contribution is 2.33. The minimum absolute atomic E-state index is 0.134. The second kappa shape index (κ2) is 6.02. The number of anilines is 1. The number of rotatable bonds is 4. The predicted molar refractivity (Wildman–Crippen MR) is 88.9 cm³/mol. The summed E-state index contributed by atoms with van der Waals surface area (Å²) in [5.74, 6) is -2.29. The van der Waals surface area contributed by atoms with Crippen LogP contribution in [0.15, 0.2) is 32.5 Å². The maximum atomic E-state index is 12.0. The predicted octanol–water partition coefficient (Wildman–Crippen LogP) is -0.737. The molecule has 1 aliphatic rings. The lowest BCUT2D eigenvalue weighted by atomic mass is 10.1. The molecule has 0 radical (unpaired) electrons. The minimum Gasteiger partial charge on any atom is -0.505 e. The summed E-state index contributed by atoms with van der Waals surface area (Å²) in [4.78, 5) is 13.2. The second-order valence-corrected chi connectivity index (χ2v) is 8.42. The zero-order valence-electron chi connectivity index (χ0n) is 13.0. The zero-order valence-corrected chi connectivity index (χ0v) is 14.6. The number of hydrogen-bond donors (Lipinski definition) is 4. The molecule has 1 amide bonds. The third kappa shape index (κ3) is 3.42. The molecular formula is C12H14N4O7S2. The van der Waals surface area contributed by atoms with E-state index in [4.69, 9.17) is 5.14 Å². The highest BCUT2D eigenvalue weighted by molar-refractivity contribution is 8.13. The third-order valence-electron chi connectivity index (χ3n) is 3.06.